The Kier molecular flexibility index (Phi) is 10.3. The van der Waals surface area contributed by atoms with E-state index >= 15 is 0 Å². The molecule has 1 saturated heterocycles. The average molecular weight is 563 g/mol. The minimum atomic E-state index is -2.86. The third-order valence-electron chi connectivity index (χ3n) is 7.42. The maximum Gasteiger partial charge on any atom is 0.262 e. The van der Waals surface area contributed by atoms with Crippen molar-refractivity contribution in [2.24, 2.45) is 0 Å². The van der Waals surface area contributed by atoms with Crippen LogP contribution in [-0.4, -0.2) is 50.9 Å². The van der Waals surface area contributed by atoms with Crippen molar-refractivity contribution in [3.63, 3.8) is 0 Å². The maximum absolute atomic E-state index is 10.0. The van der Waals surface area contributed by atoms with Gasteiger partial charge in [-0.2, -0.15) is 0 Å². The number of benzene rings is 3. The van der Waals surface area contributed by atoms with Gasteiger partial charge in [-0.15, -0.1) is 0 Å². The molecule has 0 saturated carbocycles. The Labute approximate surface area is 239 Å². The van der Waals surface area contributed by atoms with Crippen molar-refractivity contribution in [3.8, 4) is 0 Å². The number of thioether (sulfide) groups is 1. The molecule has 0 aliphatic carbocycles. The van der Waals surface area contributed by atoms with Crippen molar-refractivity contribution < 1.29 is 19.0 Å². The summed E-state index contributed by atoms with van der Waals surface area (Å²) in [6.45, 7) is 8.78. The van der Waals surface area contributed by atoms with Crippen LogP contribution in [0, 0.1) is 0 Å². The first-order chi connectivity index (χ1) is 18.8. The van der Waals surface area contributed by atoms with Gasteiger partial charge in [0.25, 0.3) is 8.32 Å². The zero-order valence-electron chi connectivity index (χ0n) is 23.7. The quantitative estimate of drug-likeness (QED) is 0.236. The number of hydrogen-bond donors (Lipinski definition) is 1. The van der Waals surface area contributed by atoms with E-state index in [1.165, 1.54) is 15.3 Å². The second-order valence-electron chi connectivity index (χ2n) is 11.3. The third kappa shape index (κ3) is 7.12. The van der Waals surface area contributed by atoms with Crippen LogP contribution >= 0.6 is 11.8 Å². The Bertz CT molecular complexity index is 1140. The summed E-state index contributed by atoms with van der Waals surface area (Å²) in [5.41, 5.74) is 0.803. The Hall–Kier alpha value is -2.19. The van der Waals surface area contributed by atoms with Gasteiger partial charge in [-0.25, -0.2) is 0 Å². The van der Waals surface area contributed by atoms with Gasteiger partial charge in [0, 0.05) is 24.8 Å². The fraction of sp³-hybridized carbons (Fsp3) is 0.394. The zero-order valence-corrected chi connectivity index (χ0v) is 25.6. The van der Waals surface area contributed by atoms with Gasteiger partial charge in [0.1, 0.15) is 5.44 Å². The number of aliphatic hydroxyl groups is 1. The number of ether oxygens (including phenoxy) is 2. The molecular weight excluding hydrogens is 521 g/mol. The first-order valence-electron chi connectivity index (χ1n) is 13.7. The highest BCUT2D eigenvalue weighted by molar-refractivity contribution is 7.99. The SMILES string of the molecule is CO[C@H]1C[C@H](Sc2ccccc2)O[C@@H]([C@@H](/C=C(\C)CO)O[Si](c2ccccc2)(c2ccccc2)C(C)(C)C)C1. The molecule has 1 aliphatic rings. The molecule has 208 valence electrons. The minimum Gasteiger partial charge on any atom is -0.398 e. The highest BCUT2D eigenvalue weighted by Gasteiger charge is 2.52. The summed E-state index contributed by atoms with van der Waals surface area (Å²) in [4.78, 5) is 1.17. The standard InChI is InChI=1S/C33H42O4SSi/c1-25(24-34)21-31(30-22-26(35-5)23-32(36-30)38-27-15-9-6-10-16-27)37-39(33(2,3)4,28-17-11-7-12-18-28)29-19-13-8-14-20-29/h6-21,26,30-32,34H,22-24H2,1-5H3/b25-21+/t26-,30-,31-,32+/m1/s1. The molecule has 1 fully saturated rings. The van der Waals surface area contributed by atoms with Crippen molar-refractivity contribution in [2.45, 2.75) is 74.2 Å². The normalized spacial score (nSPS) is 21.5. The van der Waals surface area contributed by atoms with Crippen LogP contribution in [0.3, 0.4) is 0 Å². The highest BCUT2D eigenvalue weighted by Crippen LogP contribution is 2.41. The lowest BCUT2D eigenvalue weighted by molar-refractivity contribution is -0.102. The van der Waals surface area contributed by atoms with Crippen LogP contribution in [-0.2, 0) is 13.9 Å². The first-order valence-corrected chi connectivity index (χ1v) is 16.5. The molecule has 4 rings (SSSR count). The van der Waals surface area contributed by atoms with E-state index in [2.05, 4.69) is 112 Å². The van der Waals surface area contributed by atoms with Crippen LogP contribution in [0.2, 0.25) is 5.04 Å². The Morgan fingerprint density at radius 2 is 1.49 bits per heavy atom. The van der Waals surface area contributed by atoms with Crippen LogP contribution in [0.5, 0.6) is 0 Å². The van der Waals surface area contributed by atoms with Crippen molar-refractivity contribution in [1.29, 1.82) is 0 Å². The zero-order chi connectivity index (χ0) is 27.9. The summed E-state index contributed by atoms with van der Waals surface area (Å²) in [6, 6.07) is 31.7. The molecule has 1 N–H and O–H groups in total. The van der Waals surface area contributed by atoms with E-state index in [0.29, 0.717) is 0 Å². The monoisotopic (exact) mass is 562 g/mol. The van der Waals surface area contributed by atoms with E-state index in [1.807, 2.05) is 13.0 Å². The highest BCUT2D eigenvalue weighted by atomic mass is 32.2. The summed E-state index contributed by atoms with van der Waals surface area (Å²) < 4.78 is 20.3. The van der Waals surface area contributed by atoms with E-state index < -0.39 is 8.32 Å². The number of methoxy groups -OCH3 is 1. The molecule has 4 atom stereocenters. The molecule has 1 heterocycles. The van der Waals surface area contributed by atoms with Gasteiger partial charge in [-0.05, 0) is 40.0 Å². The molecule has 4 nitrogen and oxygen atoms in total. The minimum absolute atomic E-state index is 0.0246. The Balaban J connectivity index is 1.79. The number of aliphatic hydroxyl groups excluding tert-OH is 1. The summed E-state index contributed by atoms with van der Waals surface area (Å²) in [5, 5.41) is 12.3. The molecule has 0 amide bonds. The van der Waals surface area contributed by atoms with E-state index in [0.717, 1.165) is 18.4 Å². The number of hydrogen-bond acceptors (Lipinski definition) is 5. The second kappa shape index (κ2) is 13.4. The van der Waals surface area contributed by atoms with Gasteiger partial charge in [-0.3, -0.25) is 0 Å². The third-order valence-corrected chi connectivity index (χ3v) is 13.6. The topological polar surface area (TPSA) is 47.9 Å². The second-order valence-corrected chi connectivity index (χ2v) is 16.8. The Morgan fingerprint density at radius 3 is 1.97 bits per heavy atom. The molecule has 0 unspecified atom stereocenters. The van der Waals surface area contributed by atoms with E-state index in [-0.39, 0.29) is 35.4 Å². The van der Waals surface area contributed by atoms with E-state index in [4.69, 9.17) is 13.9 Å². The van der Waals surface area contributed by atoms with Crippen molar-refractivity contribution in [3.05, 3.63) is 103 Å². The van der Waals surface area contributed by atoms with Gasteiger partial charge >= 0.3 is 0 Å². The molecule has 0 bridgehead atoms. The molecule has 6 heteroatoms. The first kappa shape index (κ1) is 29.8. The van der Waals surface area contributed by atoms with Crippen molar-refractivity contribution >= 4 is 30.5 Å². The van der Waals surface area contributed by atoms with Crippen molar-refractivity contribution in [1.82, 2.24) is 0 Å². The molecule has 3 aromatic rings. The van der Waals surface area contributed by atoms with Gasteiger partial charge in [-0.1, -0.05) is 117 Å². The summed E-state index contributed by atoms with van der Waals surface area (Å²) in [7, 11) is -1.08. The van der Waals surface area contributed by atoms with Crippen LogP contribution in [0.15, 0.2) is 108 Å². The van der Waals surface area contributed by atoms with Crippen LogP contribution < -0.4 is 10.4 Å². The molecule has 3 aromatic carbocycles. The summed E-state index contributed by atoms with van der Waals surface area (Å²) in [6.07, 6.45) is 3.07. The predicted octanol–water partition coefficient (Wildman–Crippen LogP) is 6.18. The van der Waals surface area contributed by atoms with E-state index in [1.54, 1.807) is 18.9 Å². The van der Waals surface area contributed by atoms with Gasteiger partial charge in [0.2, 0.25) is 0 Å². The molecule has 0 spiro atoms. The van der Waals surface area contributed by atoms with Gasteiger partial charge in [0.05, 0.1) is 24.9 Å². The van der Waals surface area contributed by atoms with Gasteiger partial charge in [0.15, 0.2) is 0 Å². The van der Waals surface area contributed by atoms with Crippen LogP contribution in [0.1, 0.15) is 40.5 Å². The molecule has 39 heavy (non-hydrogen) atoms. The molecular formula is C33H42O4SSi. The lowest BCUT2D eigenvalue weighted by Crippen LogP contribution is -2.68. The predicted molar refractivity (Wildman–Crippen MR) is 164 cm³/mol. The maximum atomic E-state index is 10.0. The Morgan fingerprint density at radius 1 is 0.949 bits per heavy atom. The summed E-state index contributed by atoms with van der Waals surface area (Å²) >= 11 is 1.73. The molecule has 0 radical (unpaired) electrons. The molecule has 0 aromatic heterocycles. The average Bonchev–Trinajstić information content (AvgIpc) is 2.95. The fourth-order valence-electron chi connectivity index (χ4n) is 5.45. The van der Waals surface area contributed by atoms with Gasteiger partial charge < -0.3 is 19.0 Å². The number of rotatable bonds is 10. The van der Waals surface area contributed by atoms with Crippen LogP contribution in [0.4, 0.5) is 0 Å². The van der Waals surface area contributed by atoms with Crippen LogP contribution in [0.25, 0.3) is 0 Å². The fourth-order valence-corrected chi connectivity index (χ4v) is 11.2. The largest absolute Gasteiger partial charge is 0.398 e. The lowest BCUT2D eigenvalue weighted by Gasteiger charge is -2.47. The van der Waals surface area contributed by atoms with E-state index in [9.17, 15) is 5.11 Å². The summed E-state index contributed by atoms with van der Waals surface area (Å²) in [5.74, 6) is 0. The van der Waals surface area contributed by atoms with Crippen molar-refractivity contribution in [2.75, 3.05) is 13.7 Å². The lowest BCUT2D eigenvalue weighted by atomic mass is 10.00. The smallest absolute Gasteiger partial charge is 0.262 e. The molecule has 1 aliphatic heterocycles.